The Kier molecular flexibility index (Phi) is 7.29. The van der Waals surface area contributed by atoms with Crippen molar-refractivity contribution in [2.45, 2.75) is 20.3 Å². The fraction of sp³-hybridized carbons (Fsp3) is 0.350. The Balaban J connectivity index is 1.84. The number of methoxy groups -OCH3 is 1. The van der Waals surface area contributed by atoms with Gasteiger partial charge >= 0.3 is 6.03 Å². The number of benzene rings is 2. The molecule has 0 fully saturated rings. The van der Waals surface area contributed by atoms with Crippen molar-refractivity contribution in [2.24, 2.45) is 0 Å². The lowest BCUT2D eigenvalue weighted by Crippen LogP contribution is -2.25. The van der Waals surface area contributed by atoms with Crippen LogP contribution in [0.1, 0.15) is 19.4 Å². The molecule has 134 valence electrons. The van der Waals surface area contributed by atoms with Gasteiger partial charge in [0.1, 0.15) is 5.75 Å². The van der Waals surface area contributed by atoms with Gasteiger partial charge in [-0.25, -0.2) is 4.79 Å². The van der Waals surface area contributed by atoms with Crippen LogP contribution in [-0.2, 0) is 6.42 Å². The predicted octanol–water partition coefficient (Wildman–Crippen LogP) is 4.22. The largest absolute Gasteiger partial charge is 0.497 e. The molecule has 0 radical (unpaired) electrons. The van der Waals surface area contributed by atoms with Crippen molar-refractivity contribution in [2.75, 3.05) is 37.4 Å². The third-order valence-corrected chi connectivity index (χ3v) is 4.17. The number of carbonyl (C=O) groups is 1. The zero-order valence-corrected chi connectivity index (χ0v) is 15.2. The van der Waals surface area contributed by atoms with E-state index in [0.717, 1.165) is 37.5 Å². The Morgan fingerprint density at radius 1 is 0.920 bits per heavy atom. The van der Waals surface area contributed by atoms with E-state index >= 15 is 0 Å². The third-order valence-electron chi connectivity index (χ3n) is 4.17. The maximum atomic E-state index is 12.1. The molecule has 5 heteroatoms. The average molecular weight is 341 g/mol. The first-order valence-corrected chi connectivity index (χ1v) is 8.68. The van der Waals surface area contributed by atoms with Crippen LogP contribution < -0.4 is 15.4 Å². The normalized spacial score (nSPS) is 10.6. The van der Waals surface area contributed by atoms with Gasteiger partial charge in [0.15, 0.2) is 0 Å². The highest BCUT2D eigenvalue weighted by molar-refractivity contribution is 5.99. The molecule has 0 atom stereocenters. The number of carbonyl (C=O) groups excluding carboxylic acids is 1. The topological polar surface area (TPSA) is 53.6 Å². The smallest absolute Gasteiger partial charge is 0.323 e. The van der Waals surface area contributed by atoms with E-state index in [9.17, 15) is 4.79 Å². The molecular formula is C20H27N3O2. The molecule has 0 heterocycles. The minimum atomic E-state index is -0.263. The van der Waals surface area contributed by atoms with Crippen LogP contribution in [0, 0.1) is 0 Å². The number of hydrogen-bond acceptors (Lipinski definition) is 3. The van der Waals surface area contributed by atoms with Gasteiger partial charge in [-0.05, 0) is 61.5 Å². The zero-order chi connectivity index (χ0) is 18.1. The second-order valence-electron chi connectivity index (χ2n) is 5.78. The van der Waals surface area contributed by atoms with Gasteiger partial charge in [0.2, 0.25) is 0 Å². The first-order valence-electron chi connectivity index (χ1n) is 8.68. The molecule has 0 aliphatic heterocycles. The Hall–Kier alpha value is -2.53. The molecule has 2 amide bonds. The zero-order valence-electron chi connectivity index (χ0n) is 15.2. The monoisotopic (exact) mass is 341 g/mol. The summed E-state index contributed by atoms with van der Waals surface area (Å²) in [5.41, 5.74) is 2.76. The van der Waals surface area contributed by atoms with Crippen molar-refractivity contribution in [1.82, 2.24) is 4.90 Å². The summed E-state index contributed by atoms with van der Waals surface area (Å²) in [5, 5.41) is 5.64. The number of nitrogens with zero attached hydrogens (tertiary/aromatic N) is 1. The molecule has 0 aromatic heterocycles. The molecule has 0 saturated heterocycles. The number of anilines is 2. The van der Waals surface area contributed by atoms with E-state index in [4.69, 9.17) is 4.74 Å². The lowest BCUT2D eigenvalue weighted by molar-refractivity contribution is 0.262. The van der Waals surface area contributed by atoms with Crippen LogP contribution in [0.4, 0.5) is 16.2 Å². The molecular weight excluding hydrogens is 314 g/mol. The fourth-order valence-corrected chi connectivity index (χ4v) is 2.55. The Morgan fingerprint density at radius 2 is 1.44 bits per heavy atom. The third kappa shape index (κ3) is 6.12. The summed E-state index contributed by atoms with van der Waals surface area (Å²) in [6.45, 7) is 7.55. The molecule has 5 nitrogen and oxygen atoms in total. The second kappa shape index (κ2) is 9.69. The van der Waals surface area contributed by atoms with Crippen molar-refractivity contribution < 1.29 is 9.53 Å². The van der Waals surface area contributed by atoms with Gasteiger partial charge in [-0.2, -0.15) is 0 Å². The summed E-state index contributed by atoms with van der Waals surface area (Å²) in [6, 6.07) is 14.9. The van der Waals surface area contributed by atoms with Gasteiger partial charge in [-0.3, -0.25) is 0 Å². The van der Waals surface area contributed by atoms with Crippen molar-refractivity contribution in [3.05, 3.63) is 54.1 Å². The van der Waals surface area contributed by atoms with Gasteiger partial charge in [-0.1, -0.05) is 26.0 Å². The van der Waals surface area contributed by atoms with Crippen LogP contribution in [0.3, 0.4) is 0 Å². The molecule has 2 aromatic rings. The number of nitrogens with one attached hydrogen (secondary N) is 2. The fourth-order valence-electron chi connectivity index (χ4n) is 2.55. The summed E-state index contributed by atoms with van der Waals surface area (Å²) in [7, 11) is 1.61. The summed E-state index contributed by atoms with van der Waals surface area (Å²) in [4.78, 5) is 14.5. The van der Waals surface area contributed by atoms with Crippen LogP contribution >= 0.6 is 0 Å². The lowest BCUT2D eigenvalue weighted by Gasteiger charge is -2.17. The molecule has 0 unspecified atom stereocenters. The maximum absolute atomic E-state index is 12.1. The quantitative estimate of drug-likeness (QED) is 0.756. The van der Waals surface area contributed by atoms with Gasteiger partial charge in [0, 0.05) is 17.9 Å². The van der Waals surface area contributed by atoms with Crippen LogP contribution in [0.2, 0.25) is 0 Å². The summed E-state index contributed by atoms with van der Waals surface area (Å²) >= 11 is 0. The van der Waals surface area contributed by atoms with Gasteiger partial charge in [0.05, 0.1) is 7.11 Å². The number of urea groups is 1. The van der Waals surface area contributed by atoms with Gasteiger partial charge in [-0.15, -0.1) is 0 Å². The minimum Gasteiger partial charge on any atom is -0.497 e. The summed E-state index contributed by atoms with van der Waals surface area (Å²) in [5.74, 6) is 0.756. The van der Waals surface area contributed by atoms with E-state index in [1.165, 1.54) is 5.56 Å². The Morgan fingerprint density at radius 3 is 1.92 bits per heavy atom. The van der Waals surface area contributed by atoms with E-state index in [1.807, 2.05) is 12.1 Å². The van der Waals surface area contributed by atoms with Crippen molar-refractivity contribution in [3.63, 3.8) is 0 Å². The van der Waals surface area contributed by atoms with Crippen molar-refractivity contribution >= 4 is 17.4 Å². The Bertz CT molecular complexity index is 650. The van der Waals surface area contributed by atoms with E-state index in [1.54, 1.807) is 31.4 Å². The average Bonchev–Trinajstić information content (AvgIpc) is 2.64. The standard InChI is InChI=1S/C20H27N3O2/c1-4-23(5-2)15-14-16-6-8-17(9-7-16)21-20(24)22-18-10-12-19(25-3)13-11-18/h6-13H,4-5,14-15H2,1-3H3,(H2,21,22,24). The highest BCUT2D eigenvalue weighted by Gasteiger charge is 2.04. The van der Waals surface area contributed by atoms with Crippen molar-refractivity contribution in [3.8, 4) is 5.75 Å². The first-order chi connectivity index (χ1) is 12.1. The number of ether oxygens (including phenoxy) is 1. The van der Waals surface area contributed by atoms with Crippen LogP contribution in [-0.4, -0.2) is 37.7 Å². The maximum Gasteiger partial charge on any atom is 0.323 e. The Labute approximate surface area is 150 Å². The lowest BCUT2D eigenvalue weighted by atomic mass is 10.1. The van der Waals surface area contributed by atoms with Crippen molar-refractivity contribution in [1.29, 1.82) is 0 Å². The van der Waals surface area contributed by atoms with E-state index in [2.05, 4.69) is 41.5 Å². The van der Waals surface area contributed by atoms with E-state index < -0.39 is 0 Å². The molecule has 0 spiro atoms. The van der Waals surface area contributed by atoms with Gasteiger partial charge in [0.25, 0.3) is 0 Å². The molecule has 0 bridgehead atoms. The minimum absolute atomic E-state index is 0.263. The van der Waals surface area contributed by atoms with Gasteiger partial charge < -0.3 is 20.3 Å². The second-order valence-corrected chi connectivity index (χ2v) is 5.78. The molecule has 0 aliphatic carbocycles. The highest BCUT2D eigenvalue weighted by atomic mass is 16.5. The molecule has 2 aromatic carbocycles. The number of likely N-dealkylation sites (N-methyl/N-ethyl adjacent to an activating group) is 1. The molecule has 2 N–H and O–H groups in total. The molecule has 0 saturated carbocycles. The first kappa shape index (κ1) is 18.8. The molecule has 25 heavy (non-hydrogen) atoms. The molecule has 2 rings (SSSR count). The predicted molar refractivity (Wildman–Crippen MR) is 104 cm³/mol. The summed E-state index contributed by atoms with van der Waals surface area (Å²) < 4.78 is 5.10. The molecule has 0 aliphatic rings. The number of rotatable bonds is 8. The number of amides is 2. The highest BCUT2D eigenvalue weighted by Crippen LogP contribution is 2.16. The summed E-state index contributed by atoms with van der Waals surface area (Å²) in [6.07, 6.45) is 1.01. The SMILES string of the molecule is CCN(CC)CCc1ccc(NC(=O)Nc2ccc(OC)cc2)cc1. The van der Waals surface area contributed by atoms with Crippen LogP contribution in [0.5, 0.6) is 5.75 Å². The van der Waals surface area contributed by atoms with Crippen LogP contribution in [0.15, 0.2) is 48.5 Å². The van der Waals surface area contributed by atoms with Crippen LogP contribution in [0.25, 0.3) is 0 Å². The van der Waals surface area contributed by atoms with E-state index in [-0.39, 0.29) is 6.03 Å². The number of hydrogen-bond donors (Lipinski definition) is 2. The van der Waals surface area contributed by atoms with E-state index in [0.29, 0.717) is 5.69 Å².